The van der Waals surface area contributed by atoms with E-state index in [0.29, 0.717) is 28.2 Å². The zero-order valence-electron chi connectivity index (χ0n) is 13.4. The second-order valence-corrected chi connectivity index (χ2v) is 6.07. The molecule has 0 aliphatic carbocycles. The van der Waals surface area contributed by atoms with E-state index in [0.717, 1.165) is 16.5 Å². The molecule has 122 valence electrons. The number of H-pyrrole nitrogens is 1. The lowest BCUT2D eigenvalue weighted by Crippen LogP contribution is -2.15. The fraction of sp³-hybridized carbons (Fsp3) is 0.158. The molecule has 0 aliphatic rings. The van der Waals surface area contributed by atoms with Gasteiger partial charge in [0, 0.05) is 27.2 Å². The van der Waals surface area contributed by atoms with Crippen molar-refractivity contribution in [3.8, 4) is 0 Å². The van der Waals surface area contributed by atoms with Crippen LogP contribution in [0.2, 0.25) is 5.02 Å². The third-order valence-electron chi connectivity index (χ3n) is 4.10. The van der Waals surface area contributed by atoms with Gasteiger partial charge in [0.2, 0.25) is 0 Å². The van der Waals surface area contributed by atoms with Gasteiger partial charge in [-0.05, 0) is 49.2 Å². The lowest BCUT2D eigenvalue weighted by atomic mass is 10.0. The number of hydrogen-bond donors (Lipinski definition) is 2. The topological polar surface area (TPSA) is 62.0 Å². The minimum atomic E-state index is -0.249. The molecule has 1 amide bonds. The van der Waals surface area contributed by atoms with Gasteiger partial charge in [0.05, 0.1) is 5.52 Å². The number of halogens is 1. The summed E-state index contributed by atoms with van der Waals surface area (Å²) in [5.41, 5.74) is 3.49. The number of rotatable bonds is 3. The Bertz CT molecular complexity index is 992. The first-order chi connectivity index (χ1) is 11.5. The average Bonchev–Trinajstić information content (AvgIpc) is 2.55. The molecule has 0 bridgehead atoms. The number of carbonyl (C=O) groups is 1. The van der Waals surface area contributed by atoms with Crippen molar-refractivity contribution < 1.29 is 4.79 Å². The molecule has 0 atom stereocenters. The van der Waals surface area contributed by atoms with Crippen LogP contribution in [0.25, 0.3) is 10.9 Å². The Balaban J connectivity index is 1.97. The molecule has 0 aliphatic heterocycles. The van der Waals surface area contributed by atoms with Crippen LogP contribution in [-0.2, 0) is 6.42 Å². The number of nitrogens with one attached hydrogen (secondary N) is 2. The third kappa shape index (κ3) is 3.05. The molecule has 1 aromatic heterocycles. The Kier molecular flexibility index (Phi) is 4.40. The van der Waals surface area contributed by atoms with Gasteiger partial charge in [-0.2, -0.15) is 0 Å². The number of carbonyl (C=O) groups excluding carboxylic acids is 1. The molecule has 0 saturated carbocycles. The van der Waals surface area contributed by atoms with Gasteiger partial charge in [0.25, 0.3) is 11.5 Å². The first-order valence-corrected chi connectivity index (χ1v) is 8.10. The molecular formula is C19H17ClN2O2. The number of benzene rings is 2. The number of pyridine rings is 1. The van der Waals surface area contributed by atoms with Crippen LogP contribution >= 0.6 is 11.6 Å². The molecular weight excluding hydrogens is 324 g/mol. The van der Waals surface area contributed by atoms with E-state index < -0.39 is 0 Å². The van der Waals surface area contributed by atoms with Crippen molar-refractivity contribution in [3.05, 3.63) is 74.5 Å². The van der Waals surface area contributed by atoms with Crippen molar-refractivity contribution in [2.24, 2.45) is 0 Å². The van der Waals surface area contributed by atoms with E-state index in [9.17, 15) is 9.59 Å². The van der Waals surface area contributed by atoms with Gasteiger partial charge < -0.3 is 10.3 Å². The van der Waals surface area contributed by atoms with Crippen LogP contribution in [0.5, 0.6) is 0 Å². The molecule has 4 nitrogen and oxygen atoms in total. The van der Waals surface area contributed by atoms with Crippen LogP contribution in [0.3, 0.4) is 0 Å². The zero-order valence-corrected chi connectivity index (χ0v) is 14.2. The Morgan fingerprint density at radius 3 is 2.71 bits per heavy atom. The lowest BCUT2D eigenvalue weighted by Gasteiger charge is -2.10. The first-order valence-electron chi connectivity index (χ1n) is 7.72. The largest absolute Gasteiger partial charge is 0.322 e. The fourth-order valence-corrected chi connectivity index (χ4v) is 3.03. The van der Waals surface area contributed by atoms with Crippen LogP contribution in [0.4, 0.5) is 5.69 Å². The summed E-state index contributed by atoms with van der Waals surface area (Å²) in [5, 5.41) is 4.31. The lowest BCUT2D eigenvalue weighted by molar-refractivity contribution is 0.102. The number of anilines is 1. The Morgan fingerprint density at radius 2 is 2.00 bits per heavy atom. The fourth-order valence-electron chi connectivity index (χ4n) is 2.84. The maximum Gasteiger partial charge on any atom is 0.255 e. The first kappa shape index (κ1) is 16.3. The Labute approximate surface area is 144 Å². The van der Waals surface area contributed by atoms with E-state index in [1.165, 1.54) is 0 Å². The molecule has 0 radical (unpaired) electrons. The smallest absolute Gasteiger partial charge is 0.255 e. The van der Waals surface area contributed by atoms with Gasteiger partial charge in [-0.25, -0.2) is 0 Å². The predicted molar refractivity (Wildman–Crippen MR) is 98.1 cm³/mol. The molecule has 24 heavy (non-hydrogen) atoms. The average molecular weight is 341 g/mol. The number of aromatic nitrogens is 1. The van der Waals surface area contributed by atoms with Gasteiger partial charge in [0.15, 0.2) is 0 Å². The summed E-state index contributed by atoms with van der Waals surface area (Å²) in [7, 11) is 0. The van der Waals surface area contributed by atoms with E-state index >= 15 is 0 Å². The van der Waals surface area contributed by atoms with Crippen molar-refractivity contribution in [2.75, 3.05) is 5.32 Å². The van der Waals surface area contributed by atoms with Crippen LogP contribution in [0, 0.1) is 6.92 Å². The number of fused-ring (bicyclic) bond motifs is 1. The van der Waals surface area contributed by atoms with E-state index in [4.69, 9.17) is 11.6 Å². The zero-order chi connectivity index (χ0) is 17.3. The number of amides is 1. The molecule has 3 rings (SSSR count). The maximum absolute atomic E-state index is 12.3. The second kappa shape index (κ2) is 6.49. The van der Waals surface area contributed by atoms with Crippen LogP contribution in [-0.4, -0.2) is 10.9 Å². The summed E-state index contributed by atoms with van der Waals surface area (Å²) in [6, 6.07) is 12.3. The summed E-state index contributed by atoms with van der Waals surface area (Å²) in [6.45, 7) is 3.91. The number of aryl methyl sites for hydroxylation is 1. The number of aromatic amines is 1. The van der Waals surface area contributed by atoms with E-state index in [1.54, 1.807) is 30.3 Å². The van der Waals surface area contributed by atoms with Gasteiger partial charge in [-0.3, -0.25) is 9.59 Å². The van der Waals surface area contributed by atoms with Crippen molar-refractivity contribution in [3.63, 3.8) is 0 Å². The highest BCUT2D eigenvalue weighted by Gasteiger charge is 2.10. The minimum absolute atomic E-state index is 0.0826. The Morgan fingerprint density at radius 1 is 1.21 bits per heavy atom. The molecule has 0 unspecified atom stereocenters. The van der Waals surface area contributed by atoms with Gasteiger partial charge in [0.1, 0.15) is 0 Å². The minimum Gasteiger partial charge on any atom is -0.322 e. The normalized spacial score (nSPS) is 10.8. The molecule has 3 aromatic rings. The van der Waals surface area contributed by atoms with Crippen molar-refractivity contribution in [1.29, 1.82) is 0 Å². The molecule has 0 fully saturated rings. The highest BCUT2D eigenvalue weighted by molar-refractivity contribution is 6.31. The molecule has 1 heterocycles. The predicted octanol–water partition coefficient (Wildman–Crippen LogP) is 4.30. The summed E-state index contributed by atoms with van der Waals surface area (Å²) in [4.78, 5) is 27.3. The van der Waals surface area contributed by atoms with Crippen LogP contribution in [0.1, 0.15) is 28.4 Å². The molecule has 2 aromatic carbocycles. The van der Waals surface area contributed by atoms with Crippen molar-refractivity contribution in [2.45, 2.75) is 20.3 Å². The molecule has 5 heteroatoms. The highest BCUT2D eigenvalue weighted by atomic mass is 35.5. The molecule has 2 N–H and O–H groups in total. The van der Waals surface area contributed by atoms with Crippen LogP contribution < -0.4 is 10.9 Å². The van der Waals surface area contributed by atoms with E-state index in [1.807, 2.05) is 26.0 Å². The number of hydrogen-bond acceptors (Lipinski definition) is 2. The Hall–Kier alpha value is -2.59. The van der Waals surface area contributed by atoms with Crippen LogP contribution in [0.15, 0.2) is 47.3 Å². The van der Waals surface area contributed by atoms with Gasteiger partial charge in [-0.1, -0.05) is 30.7 Å². The summed E-state index contributed by atoms with van der Waals surface area (Å²) in [6.07, 6.45) is 0.685. The summed E-state index contributed by atoms with van der Waals surface area (Å²) in [5.74, 6) is -0.249. The summed E-state index contributed by atoms with van der Waals surface area (Å²) < 4.78 is 0. The standard InChI is InChI=1S/C19H17ClN2O2/c1-3-15-11(2)16-8-7-14(10-17(16)22-19(15)24)21-18(23)12-5-4-6-13(20)9-12/h4-10H,3H2,1-2H3,(H,21,23)(H,22,24). The highest BCUT2D eigenvalue weighted by Crippen LogP contribution is 2.22. The third-order valence-corrected chi connectivity index (χ3v) is 4.33. The van der Waals surface area contributed by atoms with E-state index in [-0.39, 0.29) is 11.5 Å². The summed E-state index contributed by atoms with van der Waals surface area (Å²) >= 11 is 5.91. The van der Waals surface area contributed by atoms with Gasteiger partial charge >= 0.3 is 0 Å². The second-order valence-electron chi connectivity index (χ2n) is 5.64. The van der Waals surface area contributed by atoms with Gasteiger partial charge in [-0.15, -0.1) is 0 Å². The SMILES string of the molecule is CCc1c(C)c2ccc(NC(=O)c3cccc(Cl)c3)cc2[nH]c1=O. The maximum atomic E-state index is 12.3. The molecule has 0 spiro atoms. The van der Waals surface area contributed by atoms with Crippen molar-refractivity contribution >= 4 is 34.1 Å². The van der Waals surface area contributed by atoms with E-state index in [2.05, 4.69) is 10.3 Å². The van der Waals surface area contributed by atoms with Crippen molar-refractivity contribution in [1.82, 2.24) is 4.98 Å². The molecule has 0 saturated heterocycles. The monoisotopic (exact) mass is 340 g/mol. The quantitative estimate of drug-likeness (QED) is 0.746.